The van der Waals surface area contributed by atoms with E-state index in [9.17, 15) is 9.59 Å². The van der Waals surface area contributed by atoms with Crippen molar-refractivity contribution in [1.82, 2.24) is 0 Å². The number of nitrogens with one attached hydrogen (secondary N) is 1. The van der Waals surface area contributed by atoms with E-state index in [0.717, 1.165) is 12.0 Å². The zero-order chi connectivity index (χ0) is 23.6. The summed E-state index contributed by atoms with van der Waals surface area (Å²) in [7, 11) is 4.47. The minimum absolute atomic E-state index is 0.400. The van der Waals surface area contributed by atoms with Crippen molar-refractivity contribution >= 4 is 17.6 Å². The number of hydrogen-bond donors (Lipinski definition) is 1. The molecule has 172 valence electrons. The zero-order valence-electron chi connectivity index (χ0n) is 18.9. The van der Waals surface area contributed by atoms with E-state index < -0.39 is 18.5 Å². The molecule has 0 saturated heterocycles. The summed E-state index contributed by atoms with van der Waals surface area (Å²) >= 11 is 0. The molecule has 3 rings (SSSR count). The number of anilines is 1. The zero-order valence-corrected chi connectivity index (χ0v) is 18.9. The summed E-state index contributed by atoms with van der Waals surface area (Å²) in [6.45, 7) is -0.428. The van der Waals surface area contributed by atoms with Crippen LogP contribution < -0.4 is 19.5 Å². The first kappa shape index (κ1) is 23.7. The molecular weight excluding hydrogens is 422 g/mol. The van der Waals surface area contributed by atoms with Gasteiger partial charge < -0.3 is 24.3 Å². The van der Waals surface area contributed by atoms with Crippen molar-refractivity contribution in [3.05, 3.63) is 83.4 Å². The summed E-state index contributed by atoms with van der Waals surface area (Å²) in [5.74, 6) is 0.183. The van der Waals surface area contributed by atoms with Crippen molar-refractivity contribution < 1.29 is 28.5 Å². The van der Waals surface area contributed by atoms with Gasteiger partial charge in [-0.15, -0.1) is 0 Å². The van der Waals surface area contributed by atoms with Crippen LogP contribution in [0.2, 0.25) is 0 Å². The van der Waals surface area contributed by atoms with Gasteiger partial charge in [-0.2, -0.15) is 0 Å². The number of amides is 1. The second-order valence-electron chi connectivity index (χ2n) is 7.18. The molecule has 0 radical (unpaired) electrons. The molecular formula is C26H27NO6. The van der Waals surface area contributed by atoms with Crippen molar-refractivity contribution in [3.8, 4) is 17.2 Å². The standard InChI is InChI=1S/C26H27NO6/c1-30-22-15-20(16-23(31-2)25(22)32-3)27-24(28)17-33-26(29)21-12-8-7-11-19(21)14-13-18-9-5-4-6-10-18/h4-12,15-16H,13-14,17H2,1-3H3,(H,27,28). The lowest BCUT2D eigenvalue weighted by Crippen LogP contribution is -2.21. The Kier molecular flexibility index (Phi) is 8.30. The van der Waals surface area contributed by atoms with Gasteiger partial charge >= 0.3 is 5.97 Å². The van der Waals surface area contributed by atoms with Crippen LogP contribution in [0, 0.1) is 0 Å². The predicted molar refractivity (Wildman–Crippen MR) is 125 cm³/mol. The largest absolute Gasteiger partial charge is 0.493 e. The second-order valence-corrected chi connectivity index (χ2v) is 7.18. The van der Waals surface area contributed by atoms with E-state index in [4.69, 9.17) is 18.9 Å². The Morgan fingerprint density at radius 1 is 0.788 bits per heavy atom. The van der Waals surface area contributed by atoms with Crippen LogP contribution in [0.5, 0.6) is 17.2 Å². The summed E-state index contributed by atoms with van der Waals surface area (Å²) in [6.07, 6.45) is 1.49. The quantitative estimate of drug-likeness (QED) is 0.465. The second kappa shape index (κ2) is 11.6. The highest BCUT2D eigenvalue weighted by Gasteiger charge is 2.17. The molecule has 0 aromatic heterocycles. The first-order valence-electron chi connectivity index (χ1n) is 10.4. The molecule has 33 heavy (non-hydrogen) atoms. The highest BCUT2D eigenvalue weighted by molar-refractivity contribution is 5.96. The number of hydrogen-bond acceptors (Lipinski definition) is 6. The SMILES string of the molecule is COc1cc(NC(=O)COC(=O)c2ccccc2CCc2ccccc2)cc(OC)c1OC. The van der Waals surface area contributed by atoms with Crippen LogP contribution in [-0.4, -0.2) is 39.8 Å². The van der Waals surface area contributed by atoms with Crippen LogP contribution in [0.4, 0.5) is 5.69 Å². The highest BCUT2D eigenvalue weighted by Crippen LogP contribution is 2.39. The smallest absolute Gasteiger partial charge is 0.338 e. The molecule has 0 aliphatic heterocycles. The van der Waals surface area contributed by atoms with Crippen molar-refractivity contribution in [2.45, 2.75) is 12.8 Å². The number of benzene rings is 3. The van der Waals surface area contributed by atoms with Crippen molar-refractivity contribution in [2.24, 2.45) is 0 Å². The first-order valence-corrected chi connectivity index (χ1v) is 10.4. The molecule has 1 N–H and O–H groups in total. The third-order valence-electron chi connectivity index (χ3n) is 5.05. The van der Waals surface area contributed by atoms with E-state index in [1.54, 1.807) is 24.3 Å². The number of aryl methyl sites for hydroxylation is 2. The van der Waals surface area contributed by atoms with E-state index >= 15 is 0 Å². The minimum atomic E-state index is -0.543. The maximum absolute atomic E-state index is 12.7. The van der Waals surface area contributed by atoms with E-state index in [-0.39, 0.29) is 0 Å². The predicted octanol–water partition coefficient (Wildman–Crippen LogP) is 4.29. The lowest BCUT2D eigenvalue weighted by molar-refractivity contribution is -0.119. The van der Waals surface area contributed by atoms with Crippen LogP contribution in [0.3, 0.4) is 0 Å². The fraction of sp³-hybridized carbons (Fsp3) is 0.231. The molecule has 0 unspecified atom stereocenters. The average Bonchev–Trinajstić information content (AvgIpc) is 2.86. The summed E-state index contributed by atoms with van der Waals surface area (Å²) < 4.78 is 21.1. The normalized spacial score (nSPS) is 10.3. The number of ether oxygens (including phenoxy) is 4. The first-order chi connectivity index (χ1) is 16.0. The van der Waals surface area contributed by atoms with Crippen LogP contribution in [0.15, 0.2) is 66.7 Å². The Bertz CT molecular complexity index is 1070. The van der Waals surface area contributed by atoms with Gasteiger partial charge in [0.2, 0.25) is 5.75 Å². The third kappa shape index (κ3) is 6.26. The third-order valence-corrected chi connectivity index (χ3v) is 5.05. The van der Waals surface area contributed by atoms with Gasteiger partial charge in [0.1, 0.15) is 0 Å². The van der Waals surface area contributed by atoms with Crippen molar-refractivity contribution in [2.75, 3.05) is 33.3 Å². The average molecular weight is 450 g/mol. The molecule has 7 nitrogen and oxygen atoms in total. The number of carbonyl (C=O) groups excluding carboxylic acids is 2. The van der Waals surface area contributed by atoms with Gasteiger partial charge in [-0.05, 0) is 30.0 Å². The Morgan fingerprint density at radius 3 is 2.06 bits per heavy atom. The molecule has 0 heterocycles. The van der Waals surface area contributed by atoms with Crippen molar-refractivity contribution in [3.63, 3.8) is 0 Å². The van der Waals surface area contributed by atoms with Gasteiger partial charge in [0.25, 0.3) is 5.91 Å². The molecule has 0 aliphatic carbocycles. The number of esters is 1. The number of carbonyl (C=O) groups is 2. The summed E-state index contributed by atoms with van der Waals surface area (Å²) in [5, 5.41) is 2.68. The van der Waals surface area contributed by atoms with E-state index in [1.165, 1.54) is 26.9 Å². The Morgan fingerprint density at radius 2 is 1.42 bits per heavy atom. The van der Waals surface area contributed by atoms with Gasteiger partial charge in [-0.25, -0.2) is 4.79 Å². The highest BCUT2D eigenvalue weighted by atomic mass is 16.5. The maximum atomic E-state index is 12.7. The number of methoxy groups -OCH3 is 3. The monoisotopic (exact) mass is 449 g/mol. The Hall–Kier alpha value is -4.00. The molecule has 0 atom stereocenters. The molecule has 1 amide bonds. The maximum Gasteiger partial charge on any atom is 0.338 e. The molecule has 0 bridgehead atoms. The van der Waals surface area contributed by atoms with Gasteiger partial charge in [-0.1, -0.05) is 48.5 Å². The summed E-state index contributed by atoms with van der Waals surface area (Å²) in [4.78, 5) is 25.1. The fourth-order valence-electron chi connectivity index (χ4n) is 3.42. The molecule has 7 heteroatoms. The van der Waals surface area contributed by atoms with Crippen molar-refractivity contribution in [1.29, 1.82) is 0 Å². The Balaban J connectivity index is 1.62. The van der Waals surface area contributed by atoms with Gasteiger partial charge in [0.15, 0.2) is 18.1 Å². The van der Waals surface area contributed by atoms with Crippen LogP contribution in [0.1, 0.15) is 21.5 Å². The Labute approximate surface area is 193 Å². The van der Waals surface area contributed by atoms with Crippen LogP contribution >= 0.6 is 0 Å². The number of rotatable bonds is 10. The molecule has 0 aliphatic rings. The van der Waals surface area contributed by atoms with Gasteiger partial charge in [-0.3, -0.25) is 4.79 Å². The van der Waals surface area contributed by atoms with E-state index in [1.807, 2.05) is 30.3 Å². The van der Waals surface area contributed by atoms with Crippen LogP contribution in [0.25, 0.3) is 0 Å². The van der Waals surface area contributed by atoms with Gasteiger partial charge in [0, 0.05) is 17.8 Å². The minimum Gasteiger partial charge on any atom is -0.493 e. The van der Waals surface area contributed by atoms with E-state index in [2.05, 4.69) is 17.4 Å². The lowest BCUT2D eigenvalue weighted by Gasteiger charge is -2.15. The molecule has 0 saturated carbocycles. The fourth-order valence-corrected chi connectivity index (χ4v) is 3.42. The molecule has 0 fully saturated rings. The lowest BCUT2D eigenvalue weighted by atomic mass is 10.00. The van der Waals surface area contributed by atoms with E-state index in [0.29, 0.717) is 34.9 Å². The molecule has 3 aromatic rings. The molecule has 0 spiro atoms. The topological polar surface area (TPSA) is 83.1 Å². The summed E-state index contributed by atoms with van der Waals surface area (Å²) in [5.41, 5.74) is 2.93. The summed E-state index contributed by atoms with van der Waals surface area (Å²) in [6, 6.07) is 20.5. The van der Waals surface area contributed by atoms with Crippen LogP contribution in [-0.2, 0) is 22.4 Å². The molecule has 3 aromatic carbocycles. The van der Waals surface area contributed by atoms with Gasteiger partial charge in [0.05, 0.1) is 26.9 Å².